The molecule has 8 heteroatoms. The van der Waals surface area contributed by atoms with E-state index in [2.05, 4.69) is 0 Å². The molecule has 0 radical (unpaired) electrons. The van der Waals surface area contributed by atoms with E-state index < -0.39 is 0 Å². The first-order valence-electron chi connectivity index (χ1n) is 10.2. The van der Waals surface area contributed by atoms with E-state index in [0.29, 0.717) is 33.2 Å². The quantitative estimate of drug-likeness (QED) is 0.218. The van der Waals surface area contributed by atoms with Crippen LogP contribution in [0.15, 0.2) is 79.4 Å². The number of aromatic nitrogens is 2. The van der Waals surface area contributed by atoms with Gasteiger partial charge in [0, 0.05) is 25.7 Å². The fraction of sp³-hybridized carbons (Fsp3) is 0.160. The molecular formula is C25H20Cl4FN2O+. The summed E-state index contributed by atoms with van der Waals surface area (Å²) in [6.07, 6.45) is 5.53. The molecule has 0 N–H and O–H groups in total. The smallest absolute Gasteiger partial charge is 0.244 e. The highest BCUT2D eigenvalue weighted by Gasteiger charge is 2.20. The zero-order chi connectivity index (χ0) is 23.4. The molecule has 4 rings (SSSR count). The fourth-order valence-corrected chi connectivity index (χ4v) is 4.46. The van der Waals surface area contributed by atoms with Crippen molar-refractivity contribution in [2.45, 2.75) is 25.8 Å². The van der Waals surface area contributed by atoms with Crippen molar-refractivity contribution in [1.29, 1.82) is 0 Å². The third-order valence-electron chi connectivity index (χ3n) is 5.17. The summed E-state index contributed by atoms with van der Waals surface area (Å²) in [4.78, 5) is 0. The largest absolute Gasteiger partial charge is 0.365 e. The second kappa shape index (κ2) is 10.9. The summed E-state index contributed by atoms with van der Waals surface area (Å²) in [6, 6.07) is 17.1. The molecule has 0 bridgehead atoms. The summed E-state index contributed by atoms with van der Waals surface area (Å²) >= 11 is 24.9. The Balaban J connectivity index is 1.53. The molecule has 0 saturated carbocycles. The zero-order valence-electron chi connectivity index (χ0n) is 17.4. The number of rotatable bonds is 8. The molecule has 1 unspecified atom stereocenters. The Hall–Kier alpha value is -2.08. The maximum absolute atomic E-state index is 13.2. The molecule has 0 aliphatic rings. The predicted molar refractivity (Wildman–Crippen MR) is 131 cm³/mol. The van der Waals surface area contributed by atoms with Gasteiger partial charge in [-0.1, -0.05) is 70.7 Å². The van der Waals surface area contributed by atoms with Gasteiger partial charge in [0.05, 0.1) is 6.61 Å². The van der Waals surface area contributed by atoms with E-state index >= 15 is 0 Å². The number of imidazole rings is 1. The molecular weight excluding hydrogens is 505 g/mol. The average molecular weight is 525 g/mol. The Morgan fingerprint density at radius 2 is 1.58 bits per heavy atom. The van der Waals surface area contributed by atoms with Gasteiger partial charge in [-0.3, -0.25) is 0 Å². The second-order valence-electron chi connectivity index (χ2n) is 7.61. The summed E-state index contributed by atoms with van der Waals surface area (Å²) in [6.45, 7) is 1.43. The van der Waals surface area contributed by atoms with Gasteiger partial charge in [-0.25, -0.2) is 13.5 Å². The SMILES string of the molecule is Fc1ccc(C[n+]2ccn(CC(OCc3ccc(Cl)cc3Cl)c3ccc(Cl)cc3Cl)c2)cc1. The molecule has 0 fully saturated rings. The van der Waals surface area contributed by atoms with E-state index in [9.17, 15) is 4.39 Å². The highest BCUT2D eigenvalue weighted by molar-refractivity contribution is 6.35. The van der Waals surface area contributed by atoms with Crippen LogP contribution in [-0.2, 0) is 24.4 Å². The van der Waals surface area contributed by atoms with Crippen LogP contribution in [0.25, 0.3) is 0 Å². The Kier molecular flexibility index (Phi) is 7.94. The summed E-state index contributed by atoms with van der Waals surface area (Å²) in [5, 5.41) is 2.20. The standard InChI is InChI=1S/C25H20Cl4FN2O/c26-19-4-3-18(23(28)11-19)15-33-25(22-8-5-20(27)12-24(22)29)14-32-10-9-31(16-32)13-17-1-6-21(30)7-2-17/h1-12,16,25H,13-15H2/q+1. The van der Waals surface area contributed by atoms with Crippen LogP contribution in [0.3, 0.4) is 0 Å². The maximum atomic E-state index is 13.2. The first-order valence-corrected chi connectivity index (χ1v) is 11.7. The van der Waals surface area contributed by atoms with Crippen molar-refractivity contribution >= 4 is 46.4 Å². The number of halogens is 5. The lowest BCUT2D eigenvalue weighted by Crippen LogP contribution is -2.31. The Bertz CT molecular complexity index is 1240. The molecule has 0 aliphatic heterocycles. The number of benzene rings is 3. The van der Waals surface area contributed by atoms with Crippen LogP contribution in [0.4, 0.5) is 4.39 Å². The number of ether oxygens (including phenoxy) is 1. The molecule has 0 aliphatic carbocycles. The van der Waals surface area contributed by atoms with Crippen LogP contribution >= 0.6 is 46.4 Å². The van der Waals surface area contributed by atoms with E-state index in [1.807, 2.05) is 40.0 Å². The lowest BCUT2D eigenvalue weighted by Gasteiger charge is -2.19. The summed E-state index contributed by atoms with van der Waals surface area (Å²) < 4.78 is 23.5. The van der Waals surface area contributed by atoms with Gasteiger partial charge < -0.3 is 4.74 Å². The molecule has 4 aromatic rings. The molecule has 1 atom stereocenters. The van der Waals surface area contributed by atoms with Crippen LogP contribution in [0.1, 0.15) is 22.8 Å². The molecule has 0 amide bonds. The normalized spacial score (nSPS) is 12.2. The van der Waals surface area contributed by atoms with E-state index in [0.717, 1.165) is 16.7 Å². The Morgan fingerprint density at radius 1 is 0.879 bits per heavy atom. The van der Waals surface area contributed by atoms with E-state index in [-0.39, 0.29) is 18.5 Å². The van der Waals surface area contributed by atoms with Crippen LogP contribution < -0.4 is 4.57 Å². The van der Waals surface area contributed by atoms with Gasteiger partial charge in [-0.05, 0) is 47.5 Å². The third-order valence-corrected chi connectivity index (χ3v) is 6.32. The van der Waals surface area contributed by atoms with Crippen molar-refractivity contribution < 1.29 is 13.7 Å². The van der Waals surface area contributed by atoms with Crippen LogP contribution in [-0.4, -0.2) is 4.57 Å². The minimum atomic E-state index is -0.354. The monoisotopic (exact) mass is 523 g/mol. The Morgan fingerprint density at radius 3 is 2.27 bits per heavy atom. The molecule has 33 heavy (non-hydrogen) atoms. The van der Waals surface area contributed by atoms with Gasteiger partial charge in [0.25, 0.3) is 0 Å². The van der Waals surface area contributed by atoms with Crippen molar-refractivity contribution in [1.82, 2.24) is 4.57 Å². The van der Waals surface area contributed by atoms with Gasteiger partial charge in [0.1, 0.15) is 37.4 Å². The van der Waals surface area contributed by atoms with Crippen molar-refractivity contribution in [2.75, 3.05) is 0 Å². The summed E-state index contributed by atoms with van der Waals surface area (Å²) in [5.74, 6) is -0.248. The van der Waals surface area contributed by atoms with E-state index in [1.54, 1.807) is 36.4 Å². The zero-order valence-corrected chi connectivity index (χ0v) is 20.4. The minimum absolute atomic E-state index is 0.248. The number of hydrogen-bond donors (Lipinski definition) is 0. The van der Waals surface area contributed by atoms with Gasteiger partial charge in [0.15, 0.2) is 0 Å². The van der Waals surface area contributed by atoms with Gasteiger partial charge >= 0.3 is 0 Å². The third kappa shape index (κ3) is 6.50. The highest BCUT2D eigenvalue weighted by atomic mass is 35.5. The Labute approximate surface area is 211 Å². The summed E-state index contributed by atoms with van der Waals surface area (Å²) in [7, 11) is 0. The summed E-state index contributed by atoms with van der Waals surface area (Å²) in [5.41, 5.74) is 2.66. The highest BCUT2D eigenvalue weighted by Crippen LogP contribution is 2.31. The van der Waals surface area contributed by atoms with Crippen LogP contribution in [0.5, 0.6) is 0 Å². The maximum Gasteiger partial charge on any atom is 0.244 e. The van der Waals surface area contributed by atoms with Gasteiger partial charge in [-0.15, -0.1) is 0 Å². The molecule has 0 saturated heterocycles. The minimum Gasteiger partial charge on any atom is -0.365 e. The molecule has 1 heterocycles. The average Bonchev–Trinajstić information content (AvgIpc) is 3.21. The number of nitrogens with zero attached hydrogens (tertiary/aromatic N) is 2. The second-order valence-corrected chi connectivity index (χ2v) is 9.30. The first-order chi connectivity index (χ1) is 15.9. The first kappa shape index (κ1) is 24.1. The van der Waals surface area contributed by atoms with E-state index in [4.69, 9.17) is 51.1 Å². The van der Waals surface area contributed by atoms with E-state index in [1.165, 1.54) is 12.1 Å². The van der Waals surface area contributed by atoms with Gasteiger partial charge in [0.2, 0.25) is 6.33 Å². The molecule has 3 aromatic carbocycles. The number of hydrogen-bond acceptors (Lipinski definition) is 1. The lowest BCUT2D eigenvalue weighted by atomic mass is 10.1. The van der Waals surface area contributed by atoms with Crippen molar-refractivity contribution in [3.63, 3.8) is 0 Å². The van der Waals surface area contributed by atoms with Crippen molar-refractivity contribution in [3.8, 4) is 0 Å². The molecule has 3 nitrogen and oxygen atoms in total. The van der Waals surface area contributed by atoms with Crippen LogP contribution in [0.2, 0.25) is 20.1 Å². The fourth-order valence-electron chi connectivity index (χ4n) is 3.46. The lowest BCUT2D eigenvalue weighted by molar-refractivity contribution is -0.687. The molecule has 1 aromatic heterocycles. The molecule has 170 valence electrons. The van der Waals surface area contributed by atoms with Crippen LogP contribution in [0, 0.1) is 5.82 Å². The van der Waals surface area contributed by atoms with Gasteiger partial charge in [-0.2, -0.15) is 0 Å². The molecule has 0 spiro atoms. The topological polar surface area (TPSA) is 18.0 Å². The van der Waals surface area contributed by atoms with Crippen molar-refractivity contribution in [3.05, 3.63) is 122 Å². The van der Waals surface area contributed by atoms with Crippen molar-refractivity contribution in [2.24, 2.45) is 0 Å². The predicted octanol–water partition coefficient (Wildman–Crippen LogP) is 7.53.